The fourth-order valence-corrected chi connectivity index (χ4v) is 2.56. The number of benzene rings is 1. The average Bonchev–Trinajstić information content (AvgIpc) is 2.90. The van der Waals surface area contributed by atoms with Crippen molar-refractivity contribution in [2.75, 3.05) is 20.2 Å². The molecule has 1 aliphatic heterocycles. The minimum Gasteiger partial charge on any atom is -0.496 e. The number of hydrogen-bond donors (Lipinski definition) is 1. The second-order valence-corrected chi connectivity index (χ2v) is 6.22. The van der Waals surface area contributed by atoms with Gasteiger partial charge in [-0.3, -0.25) is 4.79 Å². The van der Waals surface area contributed by atoms with Crippen LogP contribution in [0.25, 0.3) is 0 Å². The summed E-state index contributed by atoms with van der Waals surface area (Å²) >= 11 is 0. The van der Waals surface area contributed by atoms with Crippen LogP contribution in [0.5, 0.6) is 5.75 Å². The molecule has 1 aromatic rings. The van der Waals surface area contributed by atoms with Gasteiger partial charge in [0, 0.05) is 23.6 Å². The van der Waals surface area contributed by atoms with Crippen LogP contribution in [-0.2, 0) is 5.41 Å². The third kappa shape index (κ3) is 2.98. The highest BCUT2D eigenvalue weighted by molar-refractivity contribution is 5.98. The molecule has 1 aliphatic rings. The molecule has 0 saturated carbocycles. The number of carbonyl (C=O) groups is 1. The summed E-state index contributed by atoms with van der Waals surface area (Å²) in [4.78, 5) is 12.4. The van der Waals surface area contributed by atoms with Crippen molar-refractivity contribution in [3.8, 4) is 5.75 Å². The Hall–Kier alpha value is -1.35. The molecular weight excluding hydrogens is 238 g/mol. The topological polar surface area (TPSA) is 38.3 Å². The van der Waals surface area contributed by atoms with Gasteiger partial charge in [0.2, 0.25) is 0 Å². The quantitative estimate of drug-likeness (QED) is 0.850. The van der Waals surface area contributed by atoms with Crippen molar-refractivity contribution < 1.29 is 9.53 Å². The van der Waals surface area contributed by atoms with E-state index in [0.29, 0.717) is 0 Å². The Balaban J connectivity index is 2.34. The van der Waals surface area contributed by atoms with Gasteiger partial charge in [-0.25, -0.2) is 0 Å². The van der Waals surface area contributed by atoms with E-state index in [0.717, 1.165) is 36.4 Å². The van der Waals surface area contributed by atoms with Gasteiger partial charge in [0.25, 0.3) is 0 Å². The lowest BCUT2D eigenvalue weighted by Gasteiger charge is -2.23. The van der Waals surface area contributed by atoms with E-state index in [9.17, 15) is 4.79 Å². The zero-order valence-corrected chi connectivity index (χ0v) is 12.2. The standard InChI is InChI=1S/C16H23NO2/c1-16(2,3)13-9-11(5-6-14(13)19-4)15(18)12-7-8-17-10-12/h5-6,9,12,17H,7-8,10H2,1-4H3. The zero-order valence-electron chi connectivity index (χ0n) is 12.2. The molecule has 0 spiro atoms. The lowest BCUT2D eigenvalue weighted by molar-refractivity contribution is 0.0930. The molecule has 1 atom stereocenters. The minimum atomic E-state index is -0.0322. The SMILES string of the molecule is COc1ccc(C(=O)C2CCNC2)cc1C(C)(C)C. The highest BCUT2D eigenvalue weighted by Crippen LogP contribution is 2.32. The number of Topliss-reactive ketones (excluding diaryl/α,β-unsaturated/α-hetero) is 1. The lowest BCUT2D eigenvalue weighted by Crippen LogP contribution is -2.19. The molecule has 1 fully saturated rings. The van der Waals surface area contributed by atoms with Crippen molar-refractivity contribution in [1.29, 1.82) is 0 Å². The van der Waals surface area contributed by atoms with E-state index in [1.165, 1.54) is 0 Å². The predicted molar refractivity (Wildman–Crippen MR) is 77.0 cm³/mol. The van der Waals surface area contributed by atoms with E-state index in [1.54, 1.807) is 7.11 Å². The van der Waals surface area contributed by atoms with Gasteiger partial charge in [0.1, 0.15) is 5.75 Å². The first-order valence-electron chi connectivity index (χ1n) is 6.87. The molecule has 3 nitrogen and oxygen atoms in total. The molecule has 1 saturated heterocycles. The van der Waals surface area contributed by atoms with Gasteiger partial charge in [-0.15, -0.1) is 0 Å². The summed E-state index contributed by atoms with van der Waals surface area (Å²) in [5, 5.41) is 3.24. The molecule has 1 heterocycles. The number of nitrogens with one attached hydrogen (secondary N) is 1. The molecule has 1 N–H and O–H groups in total. The number of rotatable bonds is 3. The Morgan fingerprint density at radius 2 is 2.11 bits per heavy atom. The van der Waals surface area contributed by atoms with Crippen molar-refractivity contribution >= 4 is 5.78 Å². The van der Waals surface area contributed by atoms with Crippen molar-refractivity contribution in [3.63, 3.8) is 0 Å². The third-order valence-electron chi connectivity index (χ3n) is 3.72. The zero-order chi connectivity index (χ0) is 14.0. The van der Waals surface area contributed by atoms with Gasteiger partial charge in [0.05, 0.1) is 7.11 Å². The summed E-state index contributed by atoms with van der Waals surface area (Å²) in [5.41, 5.74) is 1.86. The average molecular weight is 261 g/mol. The van der Waals surface area contributed by atoms with Crippen LogP contribution in [0.15, 0.2) is 18.2 Å². The molecular formula is C16H23NO2. The van der Waals surface area contributed by atoms with Crippen LogP contribution >= 0.6 is 0 Å². The van der Waals surface area contributed by atoms with Crippen molar-refractivity contribution in [3.05, 3.63) is 29.3 Å². The normalized spacial score (nSPS) is 19.5. The van der Waals surface area contributed by atoms with E-state index in [1.807, 2.05) is 18.2 Å². The second-order valence-electron chi connectivity index (χ2n) is 6.22. The van der Waals surface area contributed by atoms with Gasteiger partial charge in [-0.2, -0.15) is 0 Å². The first-order valence-corrected chi connectivity index (χ1v) is 6.87. The maximum atomic E-state index is 12.4. The molecule has 0 amide bonds. The first-order chi connectivity index (χ1) is 8.93. The first kappa shape index (κ1) is 14.1. The van der Waals surface area contributed by atoms with Crippen LogP contribution in [0.1, 0.15) is 43.1 Å². The number of ether oxygens (including phenoxy) is 1. The monoisotopic (exact) mass is 261 g/mol. The molecule has 0 aliphatic carbocycles. The molecule has 1 unspecified atom stereocenters. The summed E-state index contributed by atoms with van der Waals surface area (Å²) in [6.07, 6.45) is 0.940. The summed E-state index contributed by atoms with van der Waals surface area (Å²) < 4.78 is 5.41. The molecule has 1 aromatic carbocycles. The number of carbonyl (C=O) groups excluding carboxylic acids is 1. The van der Waals surface area contributed by atoms with Crippen LogP contribution in [-0.4, -0.2) is 26.0 Å². The Bertz CT molecular complexity index is 468. The van der Waals surface area contributed by atoms with Gasteiger partial charge in [-0.05, 0) is 36.6 Å². The maximum Gasteiger partial charge on any atom is 0.167 e. The fraction of sp³-hybridized carbons (Fsp3) is 0.562. The fourth-order valence-electron chi connectivity index (χ4n) is 2.56. The van der Waals surface area contributed by atoms with E-state index < -0.39 is 0 Å². The molecule has 3 heteroatoms. The maximum absolute atomic E-state index is 12.4. The van der Waals surface area contributed by atoms with Crippen molar-refractivity contribution in [1.82, 2.24) is 5.32 Å². The summed E-state index contributed by atoms with van der Waals surface area (Å²) in [7, 11) is 1.67. The Morgan fingerprint density at radius 3 is 2.63 bits per heavy atom. The van der Waals surface area contributed by atoms with E-state index >= 15 is 0 Å². The largest absolute Gasteiger partial charge is 0.496 e. The van der Waals surface area contributed by atoms with Gasteiger partial charge in [0.15, 0.2) is 5.78 Å². The molecule has 2 rings (SSSR count). The summed E-state index contributed by atoms with van der Waals surface area (Å²) in [6, 6.07) is 5.80. The molecule has 104 valence electrons. The van der Waals surface area contributed by atoms with Gasteiger partial charge in [-0.1, -0.05) is 20.8 Å². The molecule has 0 radical (unpaired) electrons. The second kappa shape index (κ2) is 5.33. The lowest BCUT2D eigenvalue weighted by atomic mass is 9.84. The molecule has 0 aromatic heterocycles. The van der Waals surface area contributed by atoms with E-state index in [2.05, 4.69) is 26.1 Å². The summed E-state index contributed by atoms with van der Waals surface area (Å²) in [5.74, 6) is 1.23. The van der Waals surface area contributed by atoms with Crippen molar-refractivity contribution in [2.24, 2.45) is 5.92 Å². The van der Waals surface area contributed by atoms with Gasteiger partial charge >= 0.3 is 0 Å². The number of ketones is 1. The van der Waals surface area contributed by atoms with Crippen LogP contribution in [0.4, 0.5) is 0 Å². The van der Waals surface area contributed by atoms with Crippen LogP contribution in [0.2, 0.25) is 0 Å². The van der Waals surface area contributed by atoms with Crippen LogP contribution < -0.4 is 10.1 Å². The van der Waals surface area contributed by atoms with Gasteiger partial charge < -0.3 is 10.1 Å². The van der Waals surface area contributed by atoms with Crippen molar-refractivity contribution in [2.45, 2.75) is 32.6 Å². The highest BCUT2D eigenvalue weighted by Gasteiger charge is 2.26. The van der Waals surface area contributed by atoms with E-state index in [-0.39, 0.29) is 17.1 Å². The third-order valence-corrected chi connectivity index (χ3v) is 3.72. The number of hydrogen-bond acceptors (Lipinski definition) is 3. The Labute approximate surface area is 115 Å². The predicted octanol–water partition coefficient (Wildman–Crippen LogP) is 2.78. The Kier molecular flexibility index (Phi) is 3.95. The minimum absolute atomic E-state index is 0.0322. The Morgan fingerprint density at radius 1 is 1.37 bits per heavy atom. The molecule has 19 heavy (non-hydrogen) atoms. The number of methoxy groups -OCH3 is 1. The van der Waals surface area contributed by atoms with Crippen LogP contribution in [0, 0.1) is 5.92 Å². The smallest absolute Gasteiger partial charge is 0.167 e. The highest BCUT2D eigenvalue weighted by atomic mass is 16.5. The molecule has 0 bridgehead atoms. The summed E-state index contributed by atoms with van der Waals surface area (Å²) in [6.45, 7) is 8.15. The van der Waals surface area contributed by atoms with Crippen LogP contribution in [0.3, 0.4) is 0 Å². The van der Waals surface area contributed by atoms with E-state index in [4.69, 9.17) is 4.74 Å².